The van der Waals surface area contributed by atoms with Crippen molar-refractivity contribution in [1.29, 1.82) is 0 Å². The molecule has 0 unspecified atom stereocenters. The number of rotatable bonds is 5. The van der Waals surface area contributed by atoms with E-state index in [0.29, 0.717) is 36.0 Å². The number of aromatic nitrogens is 3. The molecule has 0 spiro atoms. The number of halogens is 1. The van der Waals surface area contributed by atoms with Gasteiger partial charge in [-0.15, -0.1) is 0 Å². The average molecular weight is 373 g/mol. The summed E-state index contributed by atoms with van der Waals surface area (Å²) in [7, 11) is 0. The highest BCUT2D eigenvalue weighted by Gasteiger charge is 2.39. The van der Waals surface area contributed by atoms with Gasteiger partial charge in [-0.05, 0) is 48.6 Å². The van der Waals surface area contributed by atoms with E-state index in [1.54, 1.807) is 28.9 Å². The van der Waals surface area contributed by atoms with Crippen molar-refractivity contribution in [1.82, 2.24) is 14.8 Å². The maximum Gasteiger partial charge on any atom is 0.215 e. The second-order valence-corrected chi connectivity index (χ2v) is 6.15. The lowest BCUT2D eigenvalue weighted by Crippen LogP contribution is -2.33. The van der Waals surface area contributed by atoms with Gasteiger partial charge in [-0.3, -0.25) is 9.78 Å². The van der Waals surface area contributed by atoms with E-state index in [0.717, 1.165) is 5.56 Å². The Morgan fingerprint density at radius 1 is 1.15 bits per heavy atom. The SMILES string of the molecule is Fc1cccc(Oc2ccc(C3(Cn4[nH]cnc4=S)OCCO3)cc2)c1. The zero-order valence-electron chi connectivity index (χ0n) is 13.7. The molecule has 1 fully saturated rings. The molecule has 0 saturated carbocycles. The van der Waals surface area contributed by atoms with E-state index < -0.39 is 5.79 Å². The molecule has 0 atom stereocenters. The van der Waals surface area contributed by atoms with E-state index in [4.69, 9.17) is 26.4 Å². The molecule has 1 aliphatic rings. The first-order chi connectivity index (χ1) is 12.6. The maximum absolute atomic E-state index is 13.3. The van der Waals surface area contributed by atoms with Gasteiger partial charge in [0, 0.05) is 11.6 Å². The van der Waals surface area contributed by atoms with Crippen LogP contribution in [-0.2, 0) is 21.8 Å². The fourth-order valence-electron chi connectivity index (χ4n) is 2.85. The highest BCUT2D eigenvalue weighted by Crippen LogP contribution is 2.34. The molecule has 8 heteroatoms. The predicted octanol–water partition coefficient (Wildman–Crippen LogP) is 3.77. The summed E-state index contributed by atoms with van der Waals surface area (Å²) in [5, 5.41) is 2.96. The summed E-state index contributed by atoms with van der Waals surface area (Å²) in [6.07, 6.45) is 1.53. The first-order valence-corrected chi connectivity index (χ1v) is 8.48. The lowest BCUT2D eigenvalue weighted by atomic mass is 10.1. The van der Waals surface area contributed by atoms with Gasteiger partial charge in [-0.1, -0.05) is 6.07 Å². The van der Waals surface area contributed by atoms with Crippen LogP contribution < -0.4 is 4.74 Å². The van der Waals surface area contributed by atoms with Crippen molar-refractivity contribution in [3.05, 3.63) is 71.0 Å². The lowest BCUT2D eigenvalue weighted by molar-refractivity contribution is -0.178. The number of hydrogen-bond donors (Lipinski definition) is 1. The van der Waals surface area contributed by atoms with Crippen molar-refractivity contribution in [2.45, 2.75) is 12.3 Å². The van der Waals surface area contributed by atoms with E-state index >= 15 is 0 Å². The Kier molecular flexibility index (Phi) is 4.54. The third kappa shape index (κ3) is 3.39. The van der Waals surface area contributed by atoms with E-state index in [2.05, 4.69) is 10.1 Å². The van der Waals surface area contributed by atoms with Gasteiger partial charge in [-0.2, -0.15) is 0 Å². The number of nitrogens with one attached hydrogen (secondary N) is 1. The number of H-pyrrole nitrogens is 1. The summed E-state index contributed by atoms with van der Waals surface area (Å²) in [6, 6.07) is 13.3. The smallest absolute Gasteiger partial charge is 0.215 e. The zero-order valence-corrected chi connectivity index (χ0v) is 14.5. The third-order valence-corrected chi connectivity index (χ3v) is 4.39. The zero-order chi connectivity index (χ0) is 18.0. The summed E-state index contributed by atoms with van der Waals surface area (Å²) in [5.74, 6) is -0.264. The molecule has 134 valence electrons. The summed E-state index contributed by atoms with van der Waals surface area (Å²) < 4.78 is 32.9. The van der Waals surface area contributed by atoms with Crippen LogP contribution in [0.2, 0.25) is 0 Å². The van der Waals surface area contributed by atoms with Gasteiger partial charge in [0.1, 0.15) is 30.2 Å². The van der Waals surface area contributed by atoms with Gasteiger partial charge in [0.05, 0.1) is 13.2 Å². The molecular formula is C18H16FN3O3S. The minimum absolute atomic E-state index is 0.345. The Balaban J connectivity index is 1.57. The monoisotopic (exact) mass is 373 g/mol. The van der Waals surface area contributed by atoms with Crippen molar-refractivity contribution in [3.63, 3.8) is 0 Å². The number of hydrogen-bond acceptors (Lipinski definition) is 5. The molecule has 1 N–H and O–H groups in total. The quantitative estimate of drug-likeness (QED) is 0.690. The summed E-state index contributed by atoms with van der Waals surface area (Å²) in [4.78, 5) is 4.01. The van der Waals surface area contributed by atoms with Gasteiger partial charge in [0.2, 0.25) is 10.6 Å². The molecule has 0 radical (unpaired) electrons. The second kappa shape index (κ2) is 6.99. The first kappa shape index (κ1) is 16.9. The minimum atomic E-state index is -0.942. The van der Waals surface area contributed by atoms with Gasteiger partial charge in [0.15, 0.2) is 0 Å². The Labute approximate surface area is 154 Å². The first-order valence-electron chi connectivity index (χ1n) is 8.07. The van der Waals surface area contributed by atoms with Crippen LogP contribution in [-0.4, -0.2) is 28.0 Å². The Hall–Kier alpha value is -2.55. The molecule has 0 aliphatic carbocycles. The van der Waals surface area contributed by atoms with Gasteiger partial charge in [0.25, 0.3) is 0 Å². The maximum atomic E-state index is 13.3. The fraction of sp³-hybridized carbons (Fsp3) is 0.222. The third-order valence-electron chi connectivity index (χ3n) is 4.07. The van der Waals surface area contributed by atoms with Crippen LogP contribution in [0.4, 0.5) is 4.39 Å². The summed E-state index contributed by atoms with van der Waals surface area (Å²) in [5.41, 5.74) is 0.832. The topological polar surface area (TPSA) is 61.3 Å². The van der Waals surface area contributed by atoms with Crippen molar-refractivity contribution < 1.29 is 18.6 Å². The van der Waals surface area contributed by atoms with Crippen LogP contribution in [0.3, 0.4) is 0 Å². The standard InChI is InChI=1S/C18H16FN3O3S/c19-14-2-1-3-16(10-14)25-15-6-4-13(5-7-15)18(23-8-9-24-18)11-22-17(26)20-12-21-22/h1-7,10,12H,8-9,11H2,(H,20,21,26). The number of aromatic amines is 1. The van der Waals surface area contributed by atoms with E-state index in [-0.39, 0.29) is 5.82 Å². The molecule has 4 rings (SSSR count). The summed E-state index contributed by atoms with van der Waals surface area (Å²) >= 11 is 5.18. The normalized spacial score (nSPS) is 15.9. The Bertz CT molecular complexity index is 949. The summed E-state index contributed by atoms with van der Waals surface area (Å²) in [6.45, 7) is 1.34. The van der Waals surface area contributed by atoms with E-state index in [9.17, 15) is 4.39 Å². The van der Waals surface area contributed by atoms with Crippen LogP contribution in [0.5, 0.6) is 11.5 Å². The van der Waals surface area contributed by atoms with Crippen LogP contribution in [0.25, 0.3) is 0 Å². The molecule has 0 amide bonds. The van der Waals surface area contributed by atoms with Crippen molar-refractivity contribution >= 4 is 12.2 Å². The lowest BCUT2D eigenvalue weighted by Gasteiger charge is -2.28. The van der Waals surface area contributed by atoms with Crippen LogP contribution in [0, 0.1) is 10.6 Å². The van der Waals surface area contributed by atoms with Crippen molar-refractivity contribution in [2.24, 2.45) is 0 Å². The Morgan fingerprint density at radius 2 is 1.92 bits per heavy atom. The molecular weight excluding hydrogens is 357 g/mol. The molecule has 1 saturated heterocycles. The van der Waals surface area contributed by atoms with Crippen molar-refractivity contribution in [3.8, 4) is 11.5 Å². The number of ether oxygens (including phenoxy) is 3. The van der Waals surface area contributed by atoms with Gasteiger partial charge < -0.3 is 14.2 Å². The van der Waals surface area contributed by atoms with Crippen LogP contribution >= 0.6 is 12.2 Å². The molecule has 2 aromatic carbocycles. The highest BCUT2D eigenvalue weighted by atomic mass is 32.1. The average Bonchev–Trinajstić information content (AvgIpc) is 3.26. The van der Waals surface area contributed by atoms with Crippen LogP contribution in [0.1, 0.15) is 5.56 Å². The fourth-order valence-corrected chi connectivity index (χ4v) is 3.02. The van der Waals surface area contributed by atoms with Crippen molar-refractivity contribution in [2.75, 3.05) is 13.2 Å². The molecule has 1 aliphatic heterocycles. The molecule has 2 heterocycles. The Morgan fingerprint density at radius 3 is 2.58 bits per heavy atom. The number of benzene rings is 2. The molecule has 1 aromatic heterocycles. The molecule has 3 aromatic rings. The minimum Gasteiger partial charge on any atom is -0.457 e. The molecule has 0 bridgehead atoms. The van der Waals surface area contributed by atoms with Gasteiger partial charge in [-0.25, -0.2) is 9.37 Å². The number of nitrogens with zero attached hydrogens (tertiary/aromatic N) is 2. The largest absolute Gasteiger partial charge is 0.457 e. The van der Waals surface area contributed by atoms with Crippen LogP contribution in [0.15, 0.2) is 54.9 Å². The predicted molar refractivity (Wildman–Crippen MR) is 93.9 cm³/mol. The highest BCUT2D eigenvalue weighted by molar-refractivity contribution is 7.71. The van der Waals surface area contributed by atoms with E-state index in [1.165, 1.54) is 18.5 Å². The van der Waals surface area contributed by atoms with Gasteiger partial charge >= 0.3 is 0 Å². The molecule has 26 heavy (non-hydrogen) atoms. The second-order valence-electron chi connectivity index (χ2n) is 5.79. The van der Waals surface area contributed by atoms with E-state index in [1.807, 2.05) is 12.1 Å². The molecule has 6 nitrogen and oxygen atoms in total.